The maximum atomic E-state index is 13.1. The van der Waals surface area contributed by atoms with Gasteiger partial charge in [0.2, 0.25) is 0 Å². The van der Waals surface area contributed by atoms with Crippen molar-refractivity contribution >= 4 is 17.4 Å². The number of carbonyl (C=O) groups excluding carboxylic acids is 2. The molecule has 1 saturated heterocycles. The van der Waals surface area contributed by atoms with Gasteiger partial charge in [0.1, 0.15) is 11.5 Å². The fourth-order valence-electron chi connectivity index (χ4n) is 3.83. The lowest BCUT2D eigenvalue weighted by atomic mass is 9.95. The molecule has 0 radical (unpaired) electrons. The van der Waals surface area contributed by atoms with Crippen LogP contribution in [-0.4, -0.2) is 33.3 Å². The van der Waals surface area contributed by atoms with Crippen molar-refractivity contribution in [1.29, 1.82) is 0 Å². The topological polar surface area (TPSA) is 79.7 Å². The van der Waals surface area contributed by atoms with E-state index in [1.807, 2.05) is 61.5 Å². The number of aromatic nitrogens is 1. The van der Waals surface area contributed by atoms with Crippen LogP contribution in [0.5, 0.6) is 5.75 Å². The minimum atomic E-state index is -0.742. The van der Waals surface area contributed by atoms with E-state index in [0.29, 0.717) is 23.5 Å². The summed E-state index contributed by atoms with van der Waals surface area (Å²) in [5, 5.41) is 11.1. The SMILES string of the molecule is CCCOc1cccc(C2C(=C(O)c3ccncc3)C(=O)C(=O)N2Cc2ccccc2)c1. The van der Waals surface area contributed by atoms with Gasteiger partial charge in [0.05, 0.1) is 18.2 Å². The Bertz CT molecular complexity index is 1140. The number of Topliss-reactive ketones (excluding diaryl/α,β-unsaturated/α-hetero) is 1. The average Bonchev–Trinajstić information content (AvgIpc) is 3.08. The van der Waals surface area contributed by atoms with E-state index >= 15 is 0 Å². The number of ether oxygens (including phenoxy) is 1. The number of nitrogens with zero attached hydrogens (tertiary/aromatic N) is 2. The van der Waals surface area contributed by atoms with Gasteiger partial charge >= 0.3 is 0 Å². The predicted octanol–water partition coefficient (Wildman–Crippen LogP) is 4.49. The zero-order valence-electron chi connectivity index (χ0n) is 17.8. The monoisotopic (exact) mass is 428 g/mol. The van der Waals surface area contributed by atoms with Crippen molar-refractivity contribution in [3.8, 4) is 5.75 Å². The molecule has 2 heterocycles. The Kier molecular flexibility index (Phi) is 6.31. The number of ketones is 1. The number of hydrogen-bond acceptors (Lipinski definition) is 5. The molecular formula is C26H24N2O4. The molecule has 0 aliphatic carbocycles. The molecule has 6 heteroatoms. The third kappa shape index (κ3) is 4.25. The van der Waals surface area contributed by atoms with E-state index in [1.54, 1.807) is 12.1 Å². The summed E-state index contributed by atoms with van der Waals surface area (Å²) < 4.78 is 5.77. The van der Waals surface area contributed by atoms with Crippen LogP contribution in [0, 0.1) is 0 Å². The number of pyridine rings is 1. The zero-order chi connectivity index (χ0) is 22.5. The molecule has 1 aliphatic heterocycles. The first-order valence-corrected chi connectivity index (χ1v) is 10.6. The van der Waals surface area contributed by atoms with Gasteiger partial charge in [-0.25, -0.2) is 0 Å². The van der Waals surface area contributed by atoms with Gasteiger partial charge in [-0.05, 0) is 41.8 Å². The summed E-state index contributed by atoms with van der Waals surface area (Å²) in [4.78, 5) is 31.7. The first-order valence-electron chi connectivity index (χ1n) is 10.6. The number of benzene rings is 2. The quantitative estimate of drug-likeness (QED) is 0.341. The molecule has 1 N–H and O–H groups in total. The van der Waals surface area contributed by atoms with Crippen LogP contribution in [0.4, 0.5) is 0 Å². The van der Waals surface area contributed by atoms with E-state index in [2.05, 4.69) is 4.98 Å². The molecule has 0 saturated carbocycles. The van der Waals surface area contributed by atoms with Crippen molar-refractivity contribution in [1.82, 2.24) is 9.88 Å². The minimum Gasteiger partial charge on any atom is -0.507 e. The molecule has 1 fully saturated rings. The lowest BCUT2D eigenvalue weighted by molar-refractivity contribution is -0.140. The smallest absolute Gasteiger partial charge is 0.295 e. The van der Waals surface area contributed by atoms with Gasteiger partial charge in [0.25, 0.3) is 11.7 Å². The highest BCUT2D eigenvalue weighted by Gasteiger charge is 2.46. The Hall–Kier alpha value is -3.93. The van der Waals surface area contributed by atoms with E-state index in [1.165, 1.54) is 17.3 Å². The van der Waals surface area contributed by atoms with E-state index in [0.717, 1.165) is 12.0 Å². The molecule has 32 heavy (non-hydrogen) atoms. The van der Waals surface area contributed by atoms with E-state index in [9.17, 15) is 14.7 Å². The summed E-state index contributed by atoms with van der Waals surface area (Å²) >= 11 is 0. The minimum absolute atomic E-state index is 0.0600. The van der Waals surface area contributed by atoms with Crippen LogP contribution in [-0.2, 0) is 16.1 Å². The van der Waals surface area contributed by atoms with Crippen molar-refractivity contribution in [3.05, 3.63) is 101 Å². The number of likely N-dealkylation sites (tertiary alicyclic amines) is 1. The maximum absolute atomic E-state index is 13.1. The second kappa shape index (κ2) is 9.47. The third-order valence-electron chi connectivity index (χ3n) is 5.34. The van der Waals surface area contributed by atoms with Gasteiger partial charge in [0, 0.05) is 24.5 Å². The maximum Gasteiger partial charge on any atom is 0.295 e. The first kappa shape index (κ1) is 21.3. The molecule has 3 aromatic rings. The lowest BCUT2D eigenvalue weighted by Gasteiger charge is -2.26. The molecule has 1 aliphatic rings. The highest BCUT2D eigenvalue weighted by Crippen LogP contribution is 2.41. The summed E-state index contributed by atoms with van der Waals surface area (Å²) in [5.74, 6) is -0.917. The largest absolute Gasteiger partial charge is 0.507 e. The van der Waals surface area contributed by atoms with E-state index < -0.39 is 17.7 Å². The van der Waals surface area contributed by atoms with Gasteiger partial charge in [-0.3, -0.25) is 14.6 Å². The van der Waals surface area contributed by atoms with Gasteiger partial charge < -0.3 is 14.7 Å². The Morgan fingerprint density at radius 3 is 2.50 bits per heavy atom. The van der Waals surface area contributed by atoms with E-state index in [-0.39, 0.29) is 17.9 Å². The van der Waals surface area contributed by atoms with Crippen molar-refractivity contribution < 1.29 is 19.4 Å². The Morgan fingerprint density at radius 1 is 1.03 bits per heavy atom. The standard InChI is InChI=1S/C26H24N2O4/c1-2-15-32-21-10-6-9-20(16-21)23-22(24(29)19-11-13-27-14-12-19)25(30)26(31)28(23)17-18-7-4-3-5-8-18/h3-14,16,23,29H,2,15,17H2,1H3. The van der Waals surface area contributed by atoms with Crippen molar-refractivity contribution in [2.45, 2.75) is 25.9 Å². The molecule has 2 aromatic carbocycles. The second-order valence-corrected chi connectivity index (χ2v) is 7.57. The fourth-order valence-corrected chi connectivity index (χ4v) is 3.83. The molecule has 162 valence electrons. The van der Waals surface area contributed by atoms with Gasteiger partial charge in [-0.15, -0.1) is 0 Å². The van der Waals surface area contributed by atoms with Gasteiger partial charge in [0.15, 0.2) is 0 Å². The molecule has 0 spiro atoms. The van der Waals surface area contributed by atoms with Gasteiger partial charge in [-0.2, -0.15) is 0 Å². The number of aliphatic hydroxyl groups excluding tert-OH is 1. The molecule has 1 atom stereocenters. The number of hydrogen-bond donors (Lipinski definition) is 1. The number of carbonyl (C=O) groups is 2. The summed E-state index contributed by atoms with van der Waals surface area (Å²) in [5.41, 5.74) is 2.08. The lowest BCUT2D eigenvalue weighted by Crippen LogP contribution is -2.29. The summed E-state index contributed by atoms with van der Waals surface area (Å²) in [6.07, 6.45) is 3.92. The van der Waals surface area contributed by atoms with Crippen LogP contribution in [0.15, 0.2) is 84.7 Å². The second-order valence-electron chi connectivity index (χ2n) is 7.57. The van der Waals surface area contributed by atoms with Crippen molar-refractivity contribution in [2.75, 3.05) is 6.61 Å². The average molecular weight is 428 g/mol. The van der Waals surface area contributed by atoms with Crippen LogP contribution >= 0.6 is 0 Å². The number of aliphatic hydroxyl groups is 1. The Morgan fingerprint density at radius 2 is 1.78 bits per heavy atom. The third-order valence-corrected chi connectivity index (χ3v) is 5.34. The summed E-state index contributed by atoms with van der Waals surface area (Å²) in [6, 6.07) is 19.3. The van der Waals surface area contributed by atoms with Crippen molar-refractivity contribution in [3.63, 3.8) is 0 Å². The molecule has 1 amide bonds. The molecule has 6 nitrogen and oxygen atoms in total. The normalized spacial score (nSPS) is 17.5. The van der Waals surface area contributed by atoms with Crippen LogP contribution in [0.3, 0.4) is 0 Å². The van der Waals surface area contributed by atoms with Crippen LogP contribution in [0.1, 0.15) is 36.1 Å². The van der Waals surface area contributed by atoms with Crippen molar-refractivity contribution in [2.24, 2.45) is 0 Å². The molecular weight excluding hydrogens is 404 g/mol. The molecule has 0 bridgehead atoms. The zero-order valence-corrected chi connectivity index (χ0v) is 17.8. The summed E-state index contributed by atoms with van der Waals surface area (Å²) in [6.45, 7) is 2.82. The van der Waals surface area contributed by atoms with Gasteiger partial charge in [-0.1, -0.05) is 49.4 Å². The molecule has 4 rings (SSSR count). The Labute approximate surface area is 186 Å². The molecule has 1 aromatic heterocycles. The van der Waals surface area contributed by atoms with Crippen LogP contribution < -0.4 is 4.74 Å². The first-order chi connectivity index (χ1) is 15.6. The highest BCUT2D eigenvalue weighted by molar-refractivity contribution is 6.46. The molecule has 1 unspecified atom stereocenters. The summed E-state index contributed by atoms with van der Waals surface area (Å²) in [7, 11) is 0. The van der Waals surface area contributed by atoms with Crippen LogP contribution in [0.2, 0.25) is 0 Å². The number of amides is 1. The van der Waals surface area contributed by atoms with E-state index in [4.69, 9.17) is 4.74 Å². The number of rotatable bonds is 7. The highest BCUT2D eigenvalue weighted by atomic mass is 16.5. The fraction of sp³-hybridized carbons (Fsp3) is 0.192. The Balaban J connectivity index is 1.83. The predicted molar refractivity (Wildman–Crippen MR) is 121 cm³/mol. The van der Waals surface area contributed by atoms with Crippen LogP contribution in [0.25, 0.3) is 5.76 Å².